The summed E-state index contributed by atoms with van der Waals surface area (Å²) in [7, 11) is 1.74. The fourth-order valence-electron chi connectivity index (χ4n) is 4.14. The van der Waals surface area contributed by atoms with Crippen LogP contribution in [0.15, 0.2) is 17.7 Å². The molecule has 2 aliphatic rings. The van der Waals surface area contributed by atoms with E-state index in [0.717, 1.165) is 24.2 Å². The van der Waals surface area contributed by atoms with Crippen LogP contribution in [0, 0.1) is 18.3 Å². The van der Waals surface area contributed by atoms with Crippen LogP contribution in [0.25, 0.3) is 5.57 Å². The van der Waals surface area contributed by atoms with Gasteiger partial charge < -0.3 is 4.74 Å². The van der Waals surface area contributed by atoms with E-state index in [2.05, 4.69) is 39.8 Å². The van der Waals surface area contributed by atoms with Crippen molar-refractivity contribution in [3.8, 4) is 5.75 Å². The quantitative estimate of drug-likeness (QED) is 0.807. The summed E-state index contributed by atoms with van der Waals surface area (Å²) in [4.78, 5) is 12.5. The summed E-state index contributed by atoms with van der Waals surface area (Å²) in [6.45, 7) is 8.62. The van der Waals surface area contributed by atoms with Crippen molar-refractivity contribution in [2.75, 3.05) is 7.11 Å². The fourth-order valence-corrected chi connectivity index (χ4v) is 4.14. The molecule has 0 aromatic heterocycles. The number of hydrogen-bond donors (Lipinski definition) is 0. The lowest BCUT2D eigenvalue weighted by Gasteiger charge is -2.35. The highest BCUT2D eigenvalue weighted by Gasteiger charge is 2.46. The Hall–Kier alpha value is -1.57. The average Bonchev–Trinajstić information content (AvgIpc) is 2.68. The summed E-state index contributed by atoms with van der Waals surface area (Å²) in [5.74, 6) is 1.60. The molecule has 2 aliphatic carbocycles. The smallest absolute Gasteiger partial charge is 0.160 e. The first-order valence-corrected chi connectivity index (χ1v) is 7.83. The Kier molecular flexibility index (Phi) is 3.23. The van der Waals surface area contributed by atoms with Gasteiger partial charge in [-0.25, -0.2) is 0 Å². The Balaban J connectivity index is 2.33. The highest BCUT2D eigenvalue weighted by atomic mass is 16.5. The van der Waals surface area contributed by atoms with E-state index in [1.165, 1.54) is 22.3 Å². The van der Waals surface area contributed by atoms with E-state index in [9.17, 15) is 4.79 Å². The first-order valence-electron chi connectivity index (χ1n) is 7.83. The Bertz CT molecular complexity index is 652. The molecule has 112 valence electrons. The van der Waals surface area contributed by atoms with Gasteiger partial charge in [0.1, 0.15) is 5.75 Å². The molecule has 0 spiro atoms. The highest BCUT2D eigenvalue weighted by Crippen LogP contribution is 2.56. The molecule has 3 rings (SSSR count). The zero-order valence-electron chi connectivity index (χ0n) is 13.7. The van der Waals surface area contributed by atoms with E-state index in [0.29, 0.717) is 12.2 Å². The molecule has 1 aromatic rings. The van der Waals surface area contributed by atoms with Crippen molar-refractivity contribution < 1.29 is 9.53 Å². The van der Waals surface area contributed by atoms with E-state index >= 15 is 0 Å². The van der Waals surface area contributed by atoms with Crippen molar-refractivity contribution in [1.82, 2.24) is 0 Å². The van der Waals surface area contributed by atoms with Gasteiger partial charge in [0.2, 0.25) is 0 Å². The SMILES string of the molecule is COc1cc(C)cc2c1CC[C@]1(C)CC(=O)C(C(C)C)=C21. The molecule has 1 atom stereocenters. The minimum Gasteiger partial charge on any atom is -0.496 e. The molecule has 0 saturated carbocycles. The van der Waals surface area contributed by atoms with E-state index in [4.69, 9.17) is 4.74 Å². The normalized spacial score (nSPS) is 24.4. The number of aryl methyl sites for hydroxylation is 1. The van der Waals surface area contributed by atoms with Crippen LogP contribution >= 0.6 is 0 Å². The molecular weight excluding hydrogens is 260 g/mol. The Labute approximate surface area is 127 Å². The largest absolute Gasteiger partial charge is 0.496 e. The van der Waals surface area contributed by atoms with Gasteiger partial charge in [-0.05, 0) is 48.4 Å². The van der Waals surface area contributed by atoms with E-state index < -0.39 is 0 Å². The summed E-state index contributed by atoms with van der Waals surface area (Å²) in [5.41, 5.74) is 6.10. The lowest BCUT2D eigenvalue weighted by atomic mass is 9.69. The Morgan fingerprint density at radius 3 is 2.62 bits per heavy atom. The number of benzene rings is 1. The van der Waals surface area contributed by atoms with Crippen LogP contribution in [-0.2, 0) is 11.2 Å². The van der Waals surface area contributed by atoms with Gasteiger partial charge in [-0.2, -0.15) is 0 Å². The van der Waals surface area contributed by atoms with Gasteiger partial charge in [-0.1, -0.05) is 26.8 Å². The molecule has 21 heavy (non-hydrogen) atoms. The predicted molar refractivity (Wildman–Crippen MR) is 85.5 cm³/mol. The van der Waals surface area contributed by atoms with Crippen LogP contribution in [0.1, 0.15) is 50.3 Å². The summed E-state index contributed by atoms with van der Waals surface area (Å²) in [5, 5.41) is 0. The number of Topliss-reactive ketones (excluding diaryl/α,β-unsaturated/α-hetero) is 1. The van der Waals surface area contributed by atoms with Crippen molar-refractivity contribution >= 4 is 11.4 Å². The zero-order valence-corrected chi connectivity index (χ0v) is 13.7. The second-order valence-corrected chi connectivity index (χ2v) is 7.10. The van der Waals surface area contributed by atoms with Gasteiger partial charge in [0.25, 0.3) is 0 Å². The number of allylic oxidation sites excluding steroid dienone is 2. The Morgan fingerprint density at radius 2 is 2.00 bits per heavy atom. The average molecular weight is 284 g/mol. The monoisotopic (exact) mass is 284 g/mol. The molecule has 0 radical (unpaired) electrons. The third-order valence-corrected chi connectivity index (χ3v) is 5.07. The van der Waals surface area contributed by atoms with Gasteiger partial charge >= 0.3 is 0 Å². The third-order valence-electron chi connectivity index (χ3n) is 5.07. The maximum absolute atomic E-state index is 12.5. The van der Waals surface area contributed by atoms with Crippen LogP contribution in [0.3, 0.4) is 0 Å². The molecule has 0 unspecified atom stereocenters. The van der Waals surface area contributed by atoms with Crippen LogP contribution in [-0.4, -0.2) is 12.9 Å². The maximum Gasteiger partial charge on any atom is 0.160 e. The number of fused-ring (bicyclic) bond motifs is 3. The van der Waals surface area contributed by atoms with E-state index in [-0.39, 0.29) is 11.3 Å². The van der Waals surface area contributed by atoms with Crippen LogP contribution in [0.4, 0.5) is 0 Å². The van der Waals surface area contributed by atoms with Crippen LogP contribution in [0.5, 0.6) is 5.75 Å². The predicted octanol–water partition coefficient (Wildman–Crippen LogP) is 4.34. The van der Waals surface area contributed by atoms with Gasteiger partial charge in [-0.3, -0.25) is 4.79 Å². The summed E-state index contributed by atoms with van der Waals surface area (Å²) in [6.07, 6.45) is 2.71. The Morgan fingerprint density at radius 1 is 1.29 bits per heavy atom. The topological polar surface area (TPSA) is 26.3 Å². The van der Waals surface area contributed by atoms with Gasteiger partial charge in [0, 0.05) is 23.0 Å². The molecule has 2 nitrogen and oxygen atoms in total. The molecule has 2 heteroatoms. The van der Waals surface area contributed by atoms with Gasteiger partial charge in [0.15, 0.2) is 5.78 Å². The number of hydrogen-bond acceptors (Lipinski definition) is 2. The van der Waals surface area contributed by atoms with Crippen molar-refractivity contribution in [2.45, 2.75) is 47.0 Å². The number of carbonyl (C=O) groups is 1. The fraction of sp³-hybridized carbons (Fsp3) is 0.526. The second kappa shape index (κ2) is 4.72. The van der Waals surface area contributed by atoms with Crippen molar-refractivity contribution in [3.05, 3.63) is 34.4 Å². The van der Waals surface area contributed by atoms with E-state index in [1.807, 2.05) is 0 Å². The number of methoxy groups -OCH3 is 1. The van der Waals surface area contributed by atoms with Gasteiger partial charge in [-0.15, -0.1) is 0 Å². The van der Waals surface area contributed by atoms with E-state index in [1.54, 1.807) is 7.11 Å². The summed E-state index contributed by atoms with van der Waals surface area (Å²) < 4.78 is 5.59. The molecule has 1 aromatic carbocycles. The zero-order chi connectivity index (χ0) is 15.4. The van der Waals surface area contributed by atoms with Crippen molar-refractivity contribution in [2.24, 2.45) is 11.3 Å². The highest BCUT2D eigenvalue weighted by molar-refractivity contribution is 6.10. The molecule has 0 amide bonds. The molecule has 0 bridgehead atoms. The lowest BCUT2D eigenvalue weighted by Crippen LogP contribution is -2.23. The lowest BCUT2D eigenvalue weighted by molar-refractivity contribution is -0.116. The summed E-state index contributed by atoms with van der Waals surface area (Å²) >= 11 is 0. The maximum atomic E-state index is 12.5. The summed E-state index contributed by atoms with van der Waals surface area (Å²) in [6, 6.07) is 4.35. The molecular formula is C19H24O2. The minimum absolute atomic E-state index is 0.0164. The standard InChI is InChI=1S/C19H24O2/c1-11(2)17-15(20)10-19(4)7-6-13-14(18(17)19)8-12(3)9-16(13)21-5/h8-9,11H,6-7,10H2,1-5H3/t19-/m1/s1. The molecule has 0 saturated heterocycles. The number of carbonyl (C=O) groups excluding carboxylic acids is 1. The number of ketones is 1. The molecule has 0 heterocycles. The number of rotatable bonds is 2. The molecule has 0 aliphatic heterocycles. The molecule has 0 fully saturated rings. The first kappa shape index (κ1) is 14.4. The third kappa shape index (κ3) is 2.04. The minimum atomic E-state index is 0.0164. The number of ether oxygens (including phenoxy) is 1. The van der Waals surface area contributed by atoms with Gasteiger partial charge in [0.05, 0.1) is 7.11 Å². The van der Waals surface area contributed by atoms with Crippen LogP contribution in [0.2, 0.25) is 0 Å². The first-order chi connectivity index (χ1) is 9.87. The van der Waals surface area contributed by atoms with Crippen molar-refractivity contribution in [1.29, 1.82) is 0 Å². The van der Waals surface area contributed by atoms with Crippen LogP contribution < -0.4 is 4.74 Å². The van der Waals surface area contributed by atoms with Crippen molar-refractivity contribution in [3.63, 3.8) is 0 Å². The molecule has 0 N–H and O–H groups in total. The second-order valence-electron chi connectivity index (χ2n) is 7.10.